The summed E-state index contributed by atoms with van der Waals surface area (Å²) in [6.45, 7) is 0.880. The van der Waals surface area contributed by atoms with E-state index in [0.717, 1.165) is 18.7 Å². The second kappa shape index (κ2) is 2.97. The number of amides is 1. The molecule has 2 heterocycles. The number of fused-ring (bicyclic) bond motifs is 2. The van der Waals surface area contributed by atoms with E-state index in [1.165, 1.54) is 0 Å². The van der Waals surface area contributed by atoms with Gasteiger partial charge in [-0.2, -0.15) is 0 Å². The molecule has 2 fully saturated rings. The van der Waals surface area contributed by atoms with Crippen LogP contribution in [0.25, 0.3) is 0 Å². The van der Waals surface area contributed by atoms with E-state index in [0.29, 0.717) is 5.69 Å². The predicted octanol–water partition coefficient (Wildman–Crippen LogP) is 0.346. The SMILES string of the molecule is Nc1ccccc1N1C(=O)C2CC1CN2. The molecule has 0 spiro atoms. The standard InChI is InChI=1S/C11H13N3O/c12-8-3-1-2-4-10(8)14-7-5-9(11(14)15)13-6-7/h1-4,7,9,13H,5-6,12H2. The van der Waals surface area contributed by atoms with Crippen molar-refractivity contribution in [3.05, 3.63) is 24.3 Å². The Balaban J connectivity index is 2.02. The van der Waals surface area contributed by atoms with Gasteiger partial charge in [0.15, 0.2) is 0 Å². The van der Waals surface area contributed by atoms with Gasteiger partial charge in [-0.1, -0.05) is 12.1 Å². The van der Waals surface area contributed by atoms with E-state index in [4.69, 9.17) is 5.73 Å². The number of para-hydroxylation sites is 2. The van der Waals surface area contributed by atoms with Crippen LogP contribution >= 0.6 is 0 Å². The summed E-state index contributed by atoms with van der Waals surface area (Å²) < 4.78 is 0. The largest absolute Gasteiger partial charge is 0.397 e. The Morgan fingerprint density at radius 3 is 2.87 bits per heavy atom. The average molecular weight is 203 g/mol. The first-order valence-corrected chi connectivity index (χ1v) is 5.18. The van der Waals surface area contributed by atoms with Crippen molar-refractivity contribution in [1.82, 2.24) is 5.32 Å². The average Bonchev–Trinajstić information content (AvgIpc) is 2.80. The third-order valence-electron chi connectivity index (χ3n) is 3.20. The lowest BCUT2D eigenvalue weighted by Crippen LogP contribution is -2.48. The summed E-state index contributed by atoms with van der Waals surface area (Å²) in [6, 6.07) is 7.84. The van der Waals surface area contributed by atoms with Crippen LogP contribution in [0.4, 0.5) is 11.4 Å². The lowest BCUT2D eigenvalue weighted by Gasteiger charge is -2.28. The van der Waals surface area contributed by atoms with E-state index in [-0.39, 0.29) is 18.0 Å². The topological polar surface area (TPSA) is 58.4 Å². The Morgan fingerprint density at radius 1 is 1.40 bits per heavy atom. The molecule has 2 unspecified atom stereocenters. The Hall–Kier alpha value is -1.55. The number of piperazine rings is 1. The first-order chi connectivity index (χ1) is 7.27. The molecule has 0 radical (unpaired) electrons. The molecule has 0 aromatic heterocycles. The second-order valence-corrected chi connectivity index (χ2v) is 4.12. The number of hydrogen-bond donors (Lipinski definition) is 2. The Bertz CT molecular complexity index is 418. The highest BCUT2D eigenvalue weighted by molar-refractivity contribution is 6.03. The third kappa shape index (κ3) is 1.15. The number of nitrogen functional groups attached to an aromatic ring is 1. The van der Waals surface area contributed by atoms with Gasteiger partial charge >= 0.3 is 0 Å². The van der Waals surface area contributed by atoms with Gasteiger partial charge in [-0.3, -0.25) is 4.79 Å². The van der Waals surface area contributed by atoms with Gasteiger partial charge in [0.2, 0.25) is 5.91 Å². The second-order valence-electron chi connectivity index (χ2n) is 4.12. The van der Waals surface area contributed by atoms with Crippen molar-refractivity contribution in [2.24, 2.45) is 0 Å². The van der Waals surface area contributed by atoms with Crippen molar-refractivity contribution in [2.75, 3.05) is 17.2 Å². The van der Waals surface area contributed by atoms with E-state index in [9.17, 15) is 4.79 Å². The number of anilines is 2. The first-order valence-electron chi connectivity index (χ1n) is 5.18. The summed E-state index contributed by atoms with van der Waals surface area (Å²) in [6.07, 6.45) is 0.910. The van der Waals surface area contributed by atoms with Crippen LogP contribution in [0.5, 0.6) is 0 Å². The molecule has 0 saturated carbocycles. The summed E-state index contributed by atoms with van der Waals surface area (Å²) in [4.78, 5) is 13.8. The van der Waals surface area contributed by atoms with Gasteiger partial charge in [0.1, 0.15) is 0 Å². The maximum Gasteiger partial charge on any atom is 0.244 e. The van der Waals surface area contributed by atoms with Crippen molar-refractivity contribution in [1.29, 1.82) is 0 Å². The van der Waals surface area contributed by atoms with E-state index in [1.807, 2.05) is 29.2 Å². The van der Waals surface area contributed by atoms with Gasteiger partial charge in [-0.05, 0) is 18.6 Å². The number of nitrogens with one attached hydrogen (secondary N) is 1. The summed E-state index contributed by atoms with van der Waals surface area (Å²) >= 11 is 0. The number of nitrogens with zero attached hydrogens (tertiary/aromatic N) is 1. The van der Waals surface area contributed by atoms with E-state index >= 15 is 0 Å². The molecule has 2 bridgehead atoms. The van der Waals surface area contributed by atoms with Crippen LogP contribution in [0, 0.1) is 0 Å². The molecule has 1 amide bonds. The highest BCUT2D eigenvalue weighted by Crippen LogP contribution is 2.33. The molecule has 3 rings (SSSR count). The van der Waals surface area contributed by atoms with Crippen LogP contribution in [-0.4, -0.2) is 24.5 Å². The monoisotopic (exact) mass is 203 g/mol. The summed E-state index contributed by atoms with van der Waals surface area (Å²) in [5, 5.41) is 3.19. The number of benzene rings is 1. The molecule has 78 valence electrons. The van der Waals surface area contributed by atoms with Crippen LogP contribution in [-0.2, 0) is 4.79 Å². The number of carbonyl (C=O) groups excluding carboxylic acids is 1. The fraction of sp³-hybridized carbons (Fsp3) is 0.364. The minimum atomic E-state index is 0.00889. The maximum absolute atomic E-state index is 11.9. The van der Waals surface area contributed by atoms with Gasteiger partial charge in [0.05, 0.1) is 23.5 Å². The smallest absolute Gasteiger partial charge is 0.244 e. The van der Waals surface area contributed by atoms with Crippen LogP contribution < -0.4 is 16.0 Å². The van der Waals surface area contributed by atoms with Crippen molar-refractivity contribution in [3.8, 4) is 0 Å². The van der Waals surface area contributed by atoms with Crippen LogP contribution in [0.3, 0.4) is 0 Å². The highest BCUT2D eigenvalue weighted by Gasteiger charge is 2.45. The normalized spacial score (nSPS) is 28.8. The molecule has 0 aliphatic carbocycles. The van der Waals surface area contributed by atoms with Crippen molar-refractivity contribution >= 4 is 17.3 Å². The number of nitrogens with two attached hydrogens (primary N) is 1. The molecule has 1 aromatic rings. The number of carbonyl (C=O) groups is 1. The summed E-state index contributed by atoms with van der Waals surface area (Å²) in [5.41, 5.74) is 7.42. The lowest BCUT2D eigenvalue weighted by molar-refractivity contribution is -0.119. The van der Waals surface area contributed by atoms with Crippen molar-refractivity contribution < 1.29 is 4.79 Å². The number of hydrogen-bond acceptors (Lipinski definition) is 3. The zero-order chi connectivity index (χ0) is 10.4. The molecule has 2 saturated heterocycles. The summed E-state index contributed by atoms with van der Waals surface area (Å²) in [5.74, 6) is 0.157. The van der Waals surface area contributed by atoms with E-state index in [2.05, 4.69) is 5.32 Å². The van der Waals surface area contributed by atoms with Crippen molar-refractivity contribution in [3.63, 3.8) is 0 Å². The molecule has 4 nitrogen and oxygen atoms in total. The highest BCUT2D eigenvalue weighted by atomic mass is 16.2. The summed E-state index contributed by atoms with van der Waals surface area (Å²) in [7, 11) is 0. The van der Waals surface area contributed by atoms with Crippen LogP contribution in [0.15, 0.2) is 24.3 Å². The fourth-order valence-corrected chi connectivity index (χ4v) is 2.47. The molecule has 3 N–H and O–H groups in total. The Labute approximate surface area is 88.1 Å². The van der Waals surface area contributed by atoms with Gasteiger partial charge in [-0.15, -0.1) is 0 Å². The Kier molecular flexibility index (Phi) is 1.73. The molecule has 2 atom stereocenters. The molecule has 2 aliphatic heterocycles. The Morgan fingerprint density at radius 2 is 2.20 bits per heavy atom. The quantitative estimate of drug-likeness (QED) is 0.647. The van der Waals surface area contributed by atoms with Gasteiger partial charge in [0, 0.05) is 6.54 Å². The van der Waals surface area contributed by atoms with Crippen LogP contribution in [0.1, 0.15) is 6.42 Å². The predicted molar refractivity (Wildman–Crippen MR) is 58.5 cm³/mol. The molecular formula is C11H13N3O. The molecule has 2 aliphatic rings. The van der Waals surface area contributed by atoms with E-state index < -0.39 is 0 Å². The lowest BCUT2D eigenvalue weighted by atomic mass is 10.2. The zero-order valence-corrected chi connectivity index (χ0v) is 8.31. The molecule has 4 heteroatoms. The van der Waals surface area contributed by atoms with Crippen LogP contribution in [0.2, 0.25) is 0 Å². The molecule has 15 heavy (non-hydrogen) atoms. The zero-order valence-electron chi connectivity index (χ0n) is 8.31. The number of rotatable bonds is 1. The van der Waals surface area contributed by atoms with E-state index in [1.54, 1.807) is 0 Å². The van der Waals surface area contributed by atoms with Gasteiger partial charge in [0.25, 0.3) is 0 Å². The fourth-order valence-electron chi connectivity index (χ4n) is 2.47. The van der Waals surface area contributed by atoms with Gasteiger partial charge < -0.3 is 16.0 Å². The van der Waals surface area contributed by atoms with Crippen molar-refractivity contribution in [2.45, 2.75) is 18.5 Å². The maximum atomic E-state index is 11.9. The van der Waals surface area contributed by atoms with Gasteiger partial charge in [-0.25, -0.2) is 0 Å². The molecular weight excluding hydrogens is 190 g/mol. The third-order valence-corrected chi connectivity index (χ3v) is 3.20. The molecule has 1 aromatic carbocycles. The minimum Gasteiger partial charge on any atom is -0.397 e. The first kappa shape index (κ1) is 8.73. The minimum absolute atomic E-state index is 0.00889.